The number of carbonyl (C=O) groups is 1. The zero-order valence-corrected chi connectivity index (χ0v) is 14.2. The van der Waals surface area contributed by atoms with E-state index < -0.39 is 6.04 Å². The van der Waals surface area contributed by atoms with Crippen LogP contribution in [-0.4, -0.2) is 40.4 Å². The summed E-state index contributed by atoms with van der Waals surface area (Å²) in [7, 11) is 3.48. The number of carbonyl (C=O) groups excluding carboxylic acids is 1. The van der Waals surface area contributed by atoms with Crippen LogP contribution in [0.1, 0.15) is 30.8 Å². The van der Waals surface area contributed by atoms with Crippen molar-refractivity contribution in [2.45, 2.75) is 25.4 Å². The largest absolute Gasteiger partial charge is 0.497 e. The third-order valence-corrected chi connectivity index (χ3v) is 3.89. The molecule has 0 aliphatic heterocycles. The van der Waals surface area contributed by atoms with Crippen LogP contribution in [0.4, 0.5) is 4.79 Å². The number of aromatic nitrogens is 2. The van der Waals surface area contributed by atoms with Crippen molar-refractivity contribution >= 4 is 6.03 Å². The molecule has 1 heterocycles. The summed E-state index contributed by atoms with van der Waals surface area (Å²) in [5.41, 5.74) is 0.886. The average Bonchev–Trinajstić information content (AvgIpc) is 3.03. The van der Waals surface area contributed by atoms with E-state index in [1.807, 2.05) is 49.0 Å². The van der Waals surface area contributed by atoms with E-state index in [1.165, 1.54) is 0 Å². The fourth-order valence-corrected chi connectivity index (χ4v) is 2.38. The molecule has 130 valence electrons. The Balaban J connectivity index is 2.23. The van der Waals surface area contributed by atoms with E-state index in [0.717, 1.165) is 11.3 Å². The van der Waals surface area contributed by atoms with Gasteiger partial charge in [-0.2, -0.15) is 0 Å². The van der Waals surface area contributed by atoms with Gasteiger partial charge in [0.25, 0.3) is 0 Å². The van der Waals surface area contributed by atoms with Crippen LogP contribution < -0.4 is 15.4 Å². The van der Waals surface area contributed by atoms with Crippen LogP contribution in [0.15, 0.2) is 36.7 Å². The molecule has 3 N–H and O–H groups in total. The number of aryl methyl sites for hydroxylation is 1. The van der Waals surface area contributed by atoms with Gasteiger partial charge in [0.1, 0.15) is 17.6 Å². The van der Waals surface area contributed by atoms with Crippen LogP contribution in [0.3, 0.4) is 0 Å². The van der Waals surface area contributed by atoms with Crippen molar-refractivity contribution in [1.29, 1.82) is 0 Å². The molecule has 0 saturated carbocycles. The maximum absolute atomic E-state index is 12.3. The number of urea groups is 1. The second-order valence-electron chi connectivity index (χ2n) is 5.51. The minimum atomic E-state index is -0.410. The molecule has 2 atom stereocenters. The number of nitrogens with one attached hydrogen (secondary N) is 2. The molecule has 0 aliphatic rings. The molecule has 24 heavy (non-hydrogen) atoms. The zero-order chi connectivity index (χ0) is 17.5. The Bertz CT molecular complexity index is 650. The predicted octanol–water partition coefficient (Wildman–Crippen LogP) is 1.59. The topological polar surface area (TPSA) is 88.4 Å². The number of nitrogens with zero attached hydrogens (tertiary/aromatic N) is 2. The predicted molar refractivity (Wildman–Crippen MR) is 90.9 cm³/mol. The molecular formula is C17H24N4O3. The summed E-state index contributed by atoms with van der Waals surface area (Å²) in [4.78, 5) is 16.6. The van der Waals surface area contributed by atoms with Crippen molar-refractivity contribution in [2.75, 3.05) is 13.7 Å². The van der Waals surface area contributed by atoms with E-state index in [4.69, 9.17) is 4.74 Å². The molecule has 2 amide bonds. The van der Waals surface area contributed by atoms with E-state index in [2.05, 4.69) is 15.6 Å². The number of hydrogen-bond acceptors (Lipinski definition) is 4. The summed E-state index contributed by atoms with van der Waals surface area (Å²) in [6, 6.07) is 6.43. The molecular weight excluding hydrogens is 308 g/mol. The molecule has 0 spiro atoms. The number of ether oxygens (including phenoxy) is 1. The zero-order valence-electron chi connectivity index (χ0n) is 14.2. The lowest BCUT2D eigenvalue weighted by atomic mass is 10.1. The van der Waals surface area contributed by atoms with Crippen molar-refractivity contribution in [3.05, 3.63) is 48.0 Å². The van der Waals surface area contributed by atoms with Crippen LogP contribution in [0, 0.1) is 0 Å². The quantitative estimate of drug-likeness (QED) is 0.718. The first-order valence-corrected chi connectivity index (χ1v) is 7.88. The Morgan fingerprint density at radius 3 is 2.54 bits per heavy atom. The molecule has 2 aromatic rings. The van der Waals surface area contributed by atoms with Crippen molar-refractivity contribution in [3.63, 3.8) is 0 Å². The first-order chi connectivity index (χ1) is 11.6. The molecule has 0 unspecified atom stereocenters. The van der Waals surface area contributed by atoms with Crippen LogP contribution in [0.2, 0.25) is 0 Å². The lowest BCUT2D eigenvalue weighted by Gasteiger charge is -2.22. The highest BCUT2D eigenvalue weighted by molar-refractivity contribution is 5.75. The highest BCUT2D eigenvalue weighted by Crippen LogP contribution is 2.22. The van der Waals surface area contributed by atoms with E-state index in [0.29, 0.717) is 12.2 Å². The van der Waals surface area contributed by atoms with E-state index in [-0.39, 0.29) is 18.7 Å². The van der Waals surface area contributed by atoms with Gasteiger partial charge in [-0.1, -0.05) is 19.1 Å². The Kier molecular flexibility index (Phi) is 6.20. The number of aliphatic hydroxyl groups excluding tert-OH is 1. The molecule has 1 aromatic carbocycles. The van der Waals surface area contributed by atoms with Gasteiger partial charge >= 0.3 is 6.03 Å². The summed E-state index contributed by atoms with van der Waals surface area (Å²) in [6.45, 7) is 1.81. The molecule has 7 nitrogen and oxygen atoms in total. The van der Waals surface area contributed by atoms with Gasteiger partial charge in [0.05, 0.1) is 19.8 Å². The highest BCUT2D eigenvalue weighted by Gasteiger charge is 2.21. The summed E-state index contributed by atoms with van der Waals surface area (Å²) < 4.78 is 7.04. The number of imidazole rings is 1. The number of hydrogen-bond donors (Lipinski definition) is 3. The minimum absolute atomic E-state index is 0.0977. The van der Waals surface area contributed by atoms with Crippen LogP contribution in [0.25, 0.3) is 0 Å². The van der Waals surface area contributed by atoms with Crippen molar-refractivity contribution < 1.29 is 14.6 Å². The van der Waals surface area contributed by atoms with Gasteiger partial charge in [0, 0.05) is 19.4 Å². The van der Waals surface area contributed by atoms with Crippen molar-refractivity contribution in [2.24, 2.45) is 7.05 Å². The monoisotopic (exact) mass is 332 g/mol. The SMILES string of the molecule is CC[C@H](CO)NC(=O)N[C@@H](c1ccc(OC)cc1)c1nccn1C. The van der Waals surface area contributed by atoms with Gasteiger partial charge in [0.15, 0.2) is 0 Å². The third kappa shape index (κ3) is 4.26. The first-order valence-electron chi connectivity index (χ1n) is 7.88. The van der Waals surface area contributed by atoms with Gasteiger partial charge in [-0.05, 0) is 24.1 Å². The number of amides is 2. The van der Waals surface area contributed by atoms with Gasteiger partial charge in [-0.3, -0.25) is 0 Å². The number of methoxy groups -OCH3 is 1. The van der Waals surface area contributed by atoms with Crippen LogP contribution >= 0.6 is 0 Å². The molecule has 0 bridgehead atoms. The summed E-state index contributed by atoms with van der Waals surface area (Å²) in [5.74, 6) is 1.46. The lowest BCUT2D eigenvalue weighted by molar-refractivity contribution is 0.212. The Hall–Kier alpha value is -2.54. The summed E-state index contributed by atoms with van der Waals surface area (Å²) in [5, 5.41) is 14.9. The number of rotatable bonds is 7. The maximum Gasteiger partial charge on any atom is 0.315 e. The van der Waals surface area contributed by atoms with E-state index >= 15 is 0 Å². The van der Waals surface area contributed by atoms with Gasteiger partial charge in [0.2, 0.25) is 0 Å². The average molecular weight is 332 g/mol. The van der Waals surface area contributed by atoms with Gasteiger partial charge < -0.3 is 25.0 Å². The van der Waals surface area contributed by atoms with E-state index in [9.17, 15) is 9.90 Å². The normalized spacial score (nSPS) is 13.2. The third-order valence-electron chi connectivity index (χ3n) is 3.89. The van der Waals surface area contributed by atoms with Crippen LogP contribution in [-0.2, 0) is 7.05 Å². The molecule has 0 radical (unpaired) electrons. The van der Waals surface area contributed by atoms with E-state index in [1.54, 1.807) is 13.3 Å². The Morgan fingerprint density at radius 2 is 2.04 bits per heavy atom. The fraction of sp³-hybridized carbons (Fsp3) is 0.412. The summed E-state index contributed by atoms with van der Waals surface area (Å²) >= 11 is 0. The van der Waals surface area contributed by atoms with Crippen LogP contribution in [0.5, 0.6) is 5.75 Å². The van der Waals surface area contributed by atoms with Gasteiger partial charge in [-0.15, -0.1) is 0 Å². The van der Waals surface area contributed by atoms with Crippen molar-refractivity contribution in [3.8, 4) is 5.75 Å². The second-order valence-corrected chi connectivity index (χ2v) is 5.51. The smallest absolute Gasteiger partial charge is 0.315 e. The molecule has 7 heteroatoms. The van der Waals surface area contributed by atoms with Crippen molar-refractivity contribution in [1.82, 2.24) is 20.2 Å². The summed E-state index contributed by atoms with van der Waals surface area (Å²) in [6.07, 6.45) is 4.17. The Labute approximate surface area is 141 Å². The highest BCUT2D eigenvalue weighted by atomic mass is 16.5. The van der Waals surface area contributed by atoms with Gasteiger partial charge in [-0.25, -0.2) is 9.78 Å². The Morgan fingerprint density at radius 1 is 1.33 bits per heavy atom. The molecule has 0 aliphatic carbocycles. The number of aliphatic hydroxyl groups is 1. The minimum Gasteiger partial charge on any atom is -0.497 e. The first kappa shape index (κ1) is 17.8. The standard InChI is InChI=1S/C17H24N4O3/c1-4-13(11-22)19-17(23)20-15(16-18-9-10-21(16)2)12-5-7-14(24-3)8-6-12/h5-10,13,15,22H,4,11H2,1-3H3,(H2,19,20,23)/t13-,15+/m1/s1. The second kappa shape index (κ2) is 8.35. The number of benzene rings is 1. The molecule has 2 rings (SSSR count). The lowest BCUT2D eigenvalue weighted by Crippen LogP contribution is -2.45. The molecule has 0 saturated heterocycles. The molecule has 1 aromatic heterocycles. The maximum atomic E-state index is 12.3. The molecule has 0 fully saturated rings. The fourth-order valence-electron chi connectivity index (χ4n) is 2.38.